The van der Waals surface area contributed by atoms with Crippen molar-refractivity contribution in [3.05, 3.63) is 119 Å². The van der Waals surface area contributed by atoms with Gasteiger partial charge in [0.2, 0.25) is 0 Å². The zero-order valence-corrected chi connectivity index (χ0v) is 28.9. The molecular formula is C34H40N3O8PSi. The lowest BCUT2D eigenvalue weighted by Gasteiger charge is -2.45. The van der Waals surface area contributed by atoms with Crippen molar-refractivity contribution in [2.75, 3.05) is 19.5 Å². The maximum atomic E-state index is 13.5. The number of ether oxygens (including phenoxy) is 1. The van der Waals surface area contributed by atoms with E-state index >= 15 is 0 Å². The van der Waals surface area contributed by atoms with Crippen LogP contribution >= 0.6 is 7.60 Å². The van der Waals surface area contributed by atoms with Crippen LogP contribution in [0.5, 0.6) is 0 Å². The zero-order valence-electron chi connectivity index (χ0n) is 27.0. The van der Waals surface area contributed by atoms with Gasteiger partial charge >= 0.3 is 13.3 Å². The monoisotopic (exact) mass is 677 g/mol. The van der Waals surface area contributed by atoms with Crippen LogP contribution in [0.1, 0.15) is 43.8 Å². The molecule has 2 heterocycles. The largest absolute Gasteiger partial charge is 0.402 e. The fraction of sp³-hybridized carbons (Fsp3) is 0.324. The highest BCUT2D eigenvalue weighted by molar-refractivity contribution is 7.54. The molecule has 1 saturated heterocycles. The summed E-state index contributed by atoms with van der Waals surface area (Å²) in [4.78, 5) is 30.1. The van der Waals surface area contributed by atoms with E-state index in [1.165, 1.54) is 31.0 Å². The van der Waals surface area contributed by atoms with E-state index < -0.39 is 56.8 Å². The number of amides is 1. The molecule has 0 unspecified atom stereocenters. The van der Waals surface area contributed by atoms with Crippen LogP contribution in [0, 0.1) is 0 Å². The summed E-state index contributed by atoms with van der Waals surface area (Å²) in [5, 5.41) is 15.7. The Bertz CT molecular complexity index is 1720. The van der Waals surface area contributed by atoms with Crippen LogP contribution in [-0.2, 0) is 22.8 Å². The highest BCUT2D eigenvalue weighted by atomic mass is 31.2. The predicted octanol–water partition coefficient (Wildman–Crippen LogP) is 4.53. The minimum Gasteiger partial charge on any atom is -0.402 e. The van der Waals surface area contributed by atoms with Crippen molar-refractivity contribution >= 4 is 38.0 Å². The number of rotatable bonds is 11. The minimum atomic E-state index is -4.08. The molecule has 1 aliphatic rings. The van der Waals surface area contributed by atoms with Crippen LogP contribution in [0.15, 0.2) is 108 Å². The number of aromatic nitrogens is 2. The molecule has 1 aromatic heterocycles. The average molecular weight is 678 g/mol. The number of carbonyl (C=O) groups is 1. The first kappa shape index (κ1) is 34.6. The summed E-state index contributed by atoms with van der Waals surface area (Å²) in [5.74, 6) is -2.08. The van der Waals surface area contributed by atoms with E-state index in [1.807, 2.05) is 60.7 Å². The van der Waals surface area contributed by atoms with Crippen LogP contribution in [0.4, 0.5) is 5.82 Å². The molecule has 1 aliphatic heterocycles. The number of hydrogen-bond acceptors (Lipinski definition) is 9. The van der Waals surface area contributed by atoms with Gasteiger partial charge < -0.3 is 28.6 Å². The van der Waals surface area contributed by atoms with Gasteiger partial charge in [-0.15, -0.1) is 0 Å². The second-order valence-corrected chi connectivity index (χ2v) is 18.8. The van der Waals surface area contributed by atoms with Gasteiger partial charge in [-0.1, -0.05) is 99.6 Å². The Balaban J connectivity index is 1.54. The van der Waals surface area contributed by atoms with Crippen LogP contribution in [0.3, 0.4) is 0 Å². The number of hydrogen-bond donors (Lipinski definition) is 2. The topological polar surface area (TPSA) is 138 Å². The van der Waals surface area contributed by atoms with E-state index in [4.69, 9.17) is 18.2 Å². The lowest BCUT2D eigenvalue weighted by atomic mass is 10.2. The Morgan fingerprint density at radius 1 is 0.957 bits per heavy atom. The molecular weight excluding hydrogens is 637 g/mol. The van der Waals surface area contributed by atoms with Crippen molar-refractivity contribution in [2.24, 2.45) is 0 Å². The Labute approximate surface area is 275 Å². The molecule has 0 aliphatic carbocycles. The van der Waals surface area contributed by atoms with Gasteiger partial charge in [0.1, 0.15) is 18.1 Å². The summed E-state index contributed by atoms with van der Waals surface area (Å²) in [6.07, 6.45) is -1.46. The summed E-state index contributed by atoms with van der Waals surface area (Å²) in [7, 11) is -4.90. The Hall–Kier alpha value is -3.74. The van der Waals surface area contributed by atoms with Crippen molar-refractivity contribution in [3.63, 3.8) is 0 Å². The van der Waals surface area contributed by atoms with E-state index in [-0.39, 0.29) is 12.2 Å². The van der Waals surface area contributed by atoms with Gasteiger partial charge in [-0.05, 0) is 33.6 Å². The van der Waals surface area contributed by atoms with Crippen molar-refractivity contribution in [3.8, 4) is 0 Å². The maximum absolute atomic E-state index is 13.5. The maximum Gasteiger partial charge on any atom is 0.361 e. The fourth-order valence-electron chi connectivity index (χ4n) is 6.08. The molecule has 13 heteroatoms. The Morgan fingerprint density at radius 3 is 1.98 bits per heavy atom. The summed E-state index contributed by atoms with van der Waals surface area (Å²) >= 11 is 0. The summed E-state index contributed by atoms with van der Waals surface area (Å²) < 4.78 is 38.7. The van der Waals surface area contributed by atoms with E-state index in [0.717, 1.165) is 10.4 Å². The highest BCUT2D eigenvalue weighted by Crippen LogP contribution is 2.55. The molecule has 1 fully saturated rings. The Kier molecular flexibility index (Phi) is 10.4. The molecule has 0 spiro atoms. The van der Waals surface area contributed by atoms with Gasteiger partial charge in [0, 0.05) is 32.4 Å². The number of benzene rings is 3. The van der Waals surface area contributed by atoms with Crippen molar-refractivity contribution < 1.29 is 32.7 Å². The first-order chi connectivity index (χ1) is 22.4. The van der Waals surface area contributed by atoms with E-state index in [9.17, 15) is 19.3 Å². The summed E-state index contributed by atoms with van der Waals surface area (Å²) in [6.45, 7) is 6.35. The summed E-state index contributed by atoms with van der Waals surface area (Å²) in [6, 6.07) is 29.9. The molecule has 47 heavy (non-hydrogen) atoms. The third-order valence-electron chi connectivity index (χ3n) is 8.40. The van der Waals surface area contributed by atoms with Gasteiger partial charge in [0.25, 0.3) is 14.2 Å². The lowest BCUT2D eigenvalue weighted by Crippen LogP contribution is -2.68. The highest BCUT2D eigenvalue weighted by Gasteiger charge is 2.56. The van der Waals surface area contributed by atoms with Crippen LogP contribution in [-0.4, -0.2) is 61.2 Å². The molecule has 1 amide bonds. The molecule has 0 radical (unpaired) electrons. The van der Waals surface area contributed by atoms with E-state index in [2.05, 4.69) is 31.1 Å². The van der Waals surface area contributed by atoms with Crippen molar-refractivity contribution in [2.45, 2.75) is 56.5 Å². The molecule has 3 aromatic carbocycles. The van der Waals surface area contributed by atoms with Crippen LogP contribution < -0.4 is 21.4 Å². The van der Waals surface area contributed by atoms with Gasteiger partial charge in [-0.3, -0.25) is 13.9 Å². The second kappa shape index (κ2) is 14.2. The molecule has 0 bridgehead atoms. The lowest BCUT2D eigenvalue weighted by molar-refractivity contribution is -0.0633. The molecule has 11 nitrogen and oxygen atoms in total. The number of anilines is 1. The smallest absolute Gasteiger partial charge is 0.361 e. The summed E-state index contributed by atoms with van der Waals surface area (Å²) in [5.41, 5.74) is -0.277. The number of nitrogens with zero attached hydrogens (tertiary/aromatic N) is 2. The zero-order chi connectivity index (χ0) is 33.8. The Morgan fingerprint density at radius 2 is 1.49 bits per heavy atom. The van der Waals surface area contributed by atoms with Crippen molar-refractivity contribution in [1.29, 1.82) is 0 Å². The minimum absolute atomic E-state index is 0.0677. The molecule has 0 saturated carbocycles. The van der Waals surface area contributed by atoms with Gasteiger partial charge in [0.05, 0.1) is 6.10 Å². The average Bonchev–Trinajstić information content (AvgIpc) is 3.50. The van der Waals surface area contributed by atoms with E-state index in [1.54, 1.807) is 30.3 Å². The molecule has 2 N–H and O–H groups in total. The van der Waals surface area contributed by atoms with E-state index in [0.29, 0.717) is 5.56 Å². The van der Waals surface area contributed by atoms with Crippen molar-refractivity contribution in [1.82, 2.24) is 9.55 Å². The molecule has 248 valence electrons. The SMILES string of the molecule is COP(=O)(OC)[C@@H](O)[C@H]1O[C@@H](n2ccc(NC(=O)c3ccccc3)nc2=O)C[C@@H]1O[Si](c1ccccc1)(c1ccccc1)C(C)(C)C. The number of aliphatic hydroxyl groups is 1. The first-order valence-corrected chi connectivity index (χ1v) is 18.7. The van der Waals surface area contributed by atoms with Crippen LogP contribution in [0.25, 0.3) is 0 Å². The number of carbonyl (C=O) groups excluding carboxylic acids is 1. The first-order valence-electron chi connectivity index (χ1n) is 15.2. The predicted molar refractivity (Wildman–Crippen MR) is 182 cm³/mol. The number of aliphatic hydroxyl groups excluding tert-OH is 1. The second-order valence-electron chi connectivity index (χ2n) is 12.3. The molecule has 4 atom stereocenters. The van der Waals surface area contributed by atoms with Crippen LogP contribution in [0.2, 0.25) is 5.04 Å². The molecule has 5 rings (SSSR count). The fourth-order valence-corrected chi connectivity index (χ4v) is 12.0. The van der Waals surface area contributed by atoms with Gasteiger partial charge in [-0.25, -0.2) is 4.79 Å². The molecule has 4 aromatic rings. The van der Waals surface area contributed by atoms with Gasteiger partial charge in [-0.2, -0.15) is 4.98 Å². The normalized spacial score (nSPS) is 19.3. The third kappa shape index (κ3) is 6.95. The standard InChI is InChI=1S/C34H40N3O8PSi/c1-34(2,3)47(25-17-11-7-12-18-25,26-19-13-8-14-20-26)45-27-23-29(44-30(27)32(39)46(41,42-4)43-5)37-22-21-28(36-33(37)40)35-31(38)24-15-9-6-10-16-24/h6-22,27,29-30,32,39H,23H2,1-5H3,(H,35,36,38,40)/t27-,29+,30-,32+/m0/s1. The number of nitrogens with one attached hydrogen (secondary N) is 1. The quantitative estimate of drug-likeness (QED) is 0.173. The third-order valence-corrected chi connectivity index (χ3v) is 15.4. The van der Waals surface area contributed by atoms with Gasteiger partial charge in [0.15, 0.2) is 5.85 Å².